The molecule has 0 radical (unpaired) electrons. The number of aryl methyl sites for hydroxylation is 1. The molecule has 2 aromatic carbocycles. The van der Waals surface area contributed by atoms with E-state index in [4.69, 9.17) is 5.10 Å². The molecule has 0 saturated carbocycles. The van der Waals surface area contributed by atoms with Gasteiger partial charge in [-0.3, -0.25) is 9.59 Å². The van der Waals surface area contributed by atoms with Crippen LogP contribution in [0.5, 0.6) is 0 Å². The van der Waals surface area contributed by atoms with E-state index in [9.17, 15) is 9.59 Å². The molecule has 168 valence electrons. The van der Waals surface area contributed by atoms with Crippen molar-refractivity contribution in [2.24, 2.45) is 0 Å². The lowest BCUT2D eigenvalue weighted by Crippen LogP contribution is -2.27. The summed E-state index contributed by atoms with van der Waals surface area (Å²) >= 11 is 0. The molecule has 0 spiro atoms. The van der Waals surface area contributed by atoms with E-state index in [0.717, 1.165) is 11.3 Å². The van der Waals surface area contributed by atoms with Gasteiger partial charge in [-0.1, -0.05) is 45.0 Å². The number of nitrogens with zero attached hydrogens (tertiary/aromatic N) is 2. The van der Waals surface area contributed by atoms with Crippen LogP contribution in [-0.4, -0.2) is 21.6 Å². The maximum Gasteiger partial charge on any atom is 0.256 e. The molecule has 1 heterocycles. The maximum absolute atomic E-state index is 13.1. The number of nitrogens with one attached hydrogen (secondary N) is 2. The normalized spacial score (nSPS) is 11.8. The van der Waals surface area contributed by atoms with Gasteiger partial charge >= 0.3 is 0 Å². The summed E-state index contributed by atoms with van der Waals surface area (Å²) in [7, 11) is 0. The van der Waals surface area contributed by atoms with Gasteiger partial charge in [-0.25, -0.2) is 4.68 Å². The van der Waals surface area contributed by atoms with E-state index >= 15 is 0 Å². The van der Waals surface area contributed by atoms with Crippen molar-refractivity contribution in [1.29, 1.82) is 0 Å². The Hall–Kier alpha value is -3.41. The van der Waals surface area contributed by atoms with Crippen molar-refractivity contribution in [3.63, 3.8) is 0 Å². The third-order valence-electron chi connectivity index (χ3n) is 5.14. The molecule has 0 unspecified atom stereocenters. The van der Waals surface area contributed by atoms with Crippen LogP contribution in [0.3, 0.4) is 0 Å². The lowest BCUT2D eigenvalue weighted by molar-refractivity contribution is 0.101. The van der Waals surface area contributed by atoms with E-state index in [1.54, 1.807) is 24.3 Å². The third-order valence-corrected chi connectivity index (χ3v) is 5.14. The molecule has 2 amide bonds. The highest BCUT2D eigenvalue weighted by molar-refractivity contribution is 6.07. The number of carbonyl (C=O) groups is 2. The Balaban J connectivity index is 1.87. The number of hydrogen-bond donors (Lipinski definition) is 2. The molecule has 2 N–H and O–H groups in total. The fourth-order valence-electron chi connectivity index (χ4n) is 3.22. The van der Waals surface area contributed by atoms with Crippen molar-refractivity contribution < 1.29 is 9.59 Å². The monoisotopic (exact) mass is 432 g/mol. The molecule has 0 fully saturated rings. The van der Waals surface area contributed by atoms with E-state index in [-0.39, 0.29) is 22.8 Å². The van der Waals surface area contributed by atoms with Crippen molar-refractivity contribution in [3.8, 4) is 0 Å². The van der Waals surface area contributed by atoms with Crippen LogP contribution in [0.25, 0.3) is 0 Å². The standard InChI is InChI=1S/C26H32N4O2/c1-17-13-14-19(15-20(17)27-23(31)18-11-9-8-10-12-18)24(32)28-22-16-21(25(2,3)4)29-30(22)26(5,6)7/h8-16H,1-7H3,(H,27,31)(H,28,32). The minimum absolute atomic E-state index is 0.144. The van der Waals surface area contributed by atoms with Crippen molar-refractivity contribution >= 4 is 23.3 Å². The zero-order valence-corrected chi connectivity index (χ0v) is 19.9. The van der Waals surface area contributed by atoms with Gasteiger partial charge in [-0.2, -0.15) is 5.10 Å². The molecule has 3 aromatic rings. The van der Waals surface area contributed by atoms with E-state index in [1.165, 1.54) is 0 Å². The van der Waals surface area contributed by atoms with Crippen LogP contribution in [0.1, 0.15) is 73.5 Å². The minimum Gasteiger partial charge on any atom is -0.322 e. The van der Waals surface area contributed by atoms with Crippen molar-refractivity contribution in [1.82, 2.24) is 9.78 Å². The number of aromatic nitrogens is 2. The summed E-state index contributed by atoms with van der Waals surface area (Å²) in [4.78, 5) is 25.7. The number of rotatable bonds is 4. The lowest BCUT2D eigenvalue weighted by atomic mass is 9.92. The summed E-state index contributed by atoms with van der Waals surface area (Å²) in [5, 5.41) is 10.7. The molecular weight excluding hydrogens is 400 g/mol. The SMILES string of the molecule is Cc1ccc(C(=O)Nc2cc(C(C)(C)C)nn2C(C)(C)C)cc1NC(=O)c1ccccc1. The van der Waals surface area contributed by atoms with E-state index in [2.05, 4.69) is 31.4 Å². The van der Waals surface area contributed by atoms with Crippen LogP contribution < -0.4 is 10.6 Å². The number of carbonyl (C=O) groups excluding carboxylic acids is 2. The van der Waals surface area contributed by atoms with Crippen LogP contribution in [0, 0.1) is 6.92 Å². The second-order valence-electron chi connectivity index (χ2n) is 10.1. The number of amides is 2. The molecule has 0 bridgehead atoms. The fourth-order valence-corrected chi connectivity index (χ4v) is 3.22. The average Bonchev–Trinajstić information content (AvgIpc) is 3.15. The second-order valence-corrected chi connectivity index (χ2v) is 10.1. The molecule has 0 aliphatic heterocycles. The minimum atomic E-state index is -0.297. The van der Waals surface area contributed by atoms with Crippen molar-refractivity contribution in [2.75, 3.05) is 10.6 Å². The lowest BCUT2D eigenvalue weighted by Gasteiger charge is -2.23. The fraction of sp³-hybridized carbons (Fsp3) is 0.346. The Bertz CT molecular complexity index is 1130. The quantitative estimate of drug-likeness (QED) is 0.551. The Labute approximate surface area is 190 Å². The van der Waals surface area contributed by atoms with Gasteiger partial charge in [0.2, 0.25) is 0 Å². The zero-order valence-electron chi connectivity index (χ0n) is 19.9. The molecule has 0 atom stereocenters. The zero-order chi connectivity index (χ0) is 23.7. The Kier molecular flexibility index (Phi) is 6.26. The first-order chi connectivity index (χ1) is 14.9. The maximum atomic E-state index is 13.1. The third kappa shape index (κ3) is 5.25. The number of hydrogen-bond acceptors (Lipinski definition) is 3. The molecule has 3 rings (SSSR count). The van der Waals surface area contributed by atoms with Crippen molar-refractivity contribution in [3.05, 3.63) is 77.0 Å². The van der Waals surface area contributed by atoms with Crippen LogP contribution in [-0.2, 0) is 11.0 Å². The molecule has 0 aliphatic carbocycles. The Morgan fingerprint density at radius 3 is 2.03 bits per heavy atom. The predicted octanol–water partition coefficient (Wildman–Crippen LogP) is 5.75. The van der Waals surface area contributed by atoms with Gasteiger partial charge in [0.15, 0.2) is 0 Å². The van der Waals surface area contributed by atoms with Crippen molar-refractivity contribution in [2.45, 2.75) is 59.4 Å². The smallest absolute Gasteiger partial charge is 0.256 e. The van der Waals surface area contributed by atoms with Gasteiger partial charge in [0, 0.05) is 28.3 Å². The van der Waals surface area contributed by atoms with Crippen LogP contribution in [0.15, 0.2) is 54.6 Å². The highest BCUT2D eigenvalue weighted by atomic mass is 16.2. The van der Waals surface area contributed by atoms with Gasteiger partial charge < -0.3 is 10.6 Å². The van der Waals surface area contributed by atoms with Crippen LogP contribution >= 0.6 is 0 Å². The highest BCUT2D eigenvalue weighted by Crippen LogP contribution is 2.29. The van der Waals surface area contributed by atoms with E-state index < -0.39 is 0 Å². The average molecular weight is 433 g/mol. The summed E-state index contributed by atoms with van der Waals surface area (Å²) < 4.78 is 1.85. The summed E-state index contributed by atoms with van der Waals surface area (Å²) in [5.41, 5.74) is 2.96. The first kappa shape index (κ1) is 23.3. The van der Waals surface area contributed by atoms with E-state index in [1.807, 2.05) is 62.7 Å². The highest BCUT2D eigenvalue weighted by Gasteiger charge is 2.26. The van der Waals surface area contributed by atoms with Gasteiger partial charge in [0.05, 0.1) is 11.2 Å². The van der Waals surface area contributed by atoms with Gasteiger partial charge in [0.1, 0.15) is 5.82 Å². The Morgan fingerprint density at radius 1 is 0.812 bits per heavy atom. The molecular formula is C26H32N4O2. The van der Waals surface area contributed by atoms with Gasteiger partial charge in [-0.15, -0.1) is 0 Å². The van der Waals surface area contributed by atoms with Gasteiger partial charge in [-0.05, 0) is 57.5 Å². The summed E-state index contributed by atoms with van der Waals surface area (Å²) in [6.07, 6.45) is 0. The topological polar surface area (TPSA) is 76.0 Å². The molecule has 0 saturated heterocycles. The first-order valence-electron chi connectivity index (χ1n) is 10.8. The molecule has 6 heteroatoms. The van der Waals surface area contributed by atoms with E-state index in [0.29, 0.717) is 22.6 Å². The molecule has 0 aliphatic rings. The molecule has 6 nitrogen and oxygen atoms in total. The van der Waals surface area contributed by atoms with Gasteiger partial charge in [0.25, 0.3) is 11.8 Å². The van der Waals surface area contributed by atoms with Crippen LogP contribution in [0.2, 0.25) is 0 Å². The summed E-state index contributed by atoms with van der Waals surface area (Å²) in [6, 6.07) is 16.2. The first-order valence-corrected chi connectivity index (χ1v) is 10.8. The summed E-state index contributed by atoms with van der Waals surface area (Å²) in [6.45, 7) is 14.3. The molecule has 32 heavy (non-hydrogen) atoms. The second kappa shape index (κ2) is 8.61. The summed E-state index contributed by atoms with van der Waals surface area (Å²) in [5.74, 6) is 0.167. The number of benzene rings is 2. The Morgan fingerprint density at radius 2 is 1.44 bits per heavy atom. The molecule has 1 aromatic heterocycles. The number of anilines is 2. The van der Waals surface area contributed by atoms with Crippen LogP contribution in [0.4, 0.5) is 11.5 Å². The largest absolute Gasteiger partial charge is 0.322 e. The predicted molar refractivity (Wildman–Crippen MR) is 129 cm³/mol.